The fraction of sp³-hybridized carbons (Fsp3) is 0. The molecule has 262 valence electrons. The lowest BCUT2D eigenvalue weighted by Gasteiger charge is -2.12. The van der Waals surface area contributed by atoms with Gasteiger partial charge in [-0.05, 0) is 94.0 Å². The van der Waals surface area contributed by atoms with Gasteiger partial charge in [0, 0.05) is 33.0 Å². The third-order valence-electron chi connectivity index (χ3n) is 10.8. The first kappa shape index (κ1) is 31.9. The molecular weight excluding hydrogens is 683 g/mol. The van der Waals surface area contributed by atoms with Crippen molar-refractivity contribution in [1.82, 2.24) is 14.5 Å². The van der Waals surface area contributed by atoms with Crippen LogP contribution in [0.15, 0.2) is 205 Å². The second-order valence-electron chi connectivity index (χ2n) is 14.2. The maximum absolute atomic E-state index is 6.66. The van der Waals surface area contributed by atoms with Crippen LogP contribution >= 0.6 is 0 Å². The first-order chi connectivity index (χ1) is 27.7. The van der Waals surface area contributed by atoms with Crippen LogP contribution in [0.5, 0.6) is 0 Å². The highest BCUT2D eigenvalue weighted by Crippen LogP contribution is 2.40. The van der Waals surface area contributed by atoms with Gasteiger partial charge in [-0.15, -0.1) is 0 Å². The molecule has 4 nitrogen and oxygen atoms in total. The van der Waals surface area contributed by atoms with Crippen molar-refractivity contribution in [2.24, 2.45) is 0 Å². The summed E-state index contributed by atoms with van der Waals surface area (Å²) in [7, 11) is 0. The number of fused-ring (bicyclic) bond motifs is 6. The Morgan fingerprint density at radius 1 is 0.357 bits per heavy atom. The molecule has 0 atom stereocenters. The van der Waals surface area contributed by atoms with Crippen molar-refractivity contribution in [3.05, 3.63) is 200 Å². The molecule has 0 bridgehead atoms. The van der Waals surface area contributed by atoms with Crippen molar-refractivity contribution < 1.29 is 4.42 Å². The van der Waals surface area contributed by atoms with E-state index in [1.54, 1.807) is 0 Å². The zero-order chi connectivity index (χ0) is 37.0. The number of nitrogens with zero attached hydrogens (tertiary/aromatic N) is 3. The molecule has 3 heterocycles. The van der Waals surface area contributed by atoms with Crippen LogP contribution in [0.3, 0.4) is 0 Å². The van der Waals surface area contributed by atoms with E-state index in [2.05, 4.69) is 174 Å². The molecule has 4 heteroatoms. The van der Waals surface area contributed by atoms with Crippen LogP contribution in [-0.4, -0.2) is 14.5 Å². The summed E-state index contributed by atoms with van der Waals surface area (Å²) >= 11 is 0. The van der Waals surface area contributed by atoms with E-state index in [9.17, 15) is 0 Å². The number of benzene rings is 8. The van der Waals surface area contributed by atoms with Crippen LogP contribution in [0.2, 0.25) is 0 Å². The summed E-state index contributed by atoms with van der Waals surface area (Å²) in [6.45, 7) is 0. The second-order valence-corrected chi connectivity index (χ2v) is 14.2. The van der Waals surface area contributed by atoms with Crippen LogP contribution in [0.25, 0.3) is 106 Å². The molecule has 11 rings (SSSR count). The van der Waals surface area contributed by atoms with Crippen molar-refractivity contribution >= 4 is 43.9 Å². The third kappa shape index (κ3) is 5.39. The lowest BCUT2D eigenvalue weighted by molar-refractivity contribution is 0.667. The Hall–Kier alpha value is -7.56. The highest BCUT2D eigenvalue weighted by Gasteiger charge is 2.20. The zero-order valence-electron chi connectivity index (χ0n) is 30.3. The summed E-state index contributed by atoms with van der Waals surface area (Å²) in [6, 6.07) is 70.4. The third-order valence-corrected chi connectivity index (χ3v) is 10.8. The molecule has 0 saturated carbocycles. The lowest BCUT2D eigenvalue weighted by atomic mass is 9.95. The van der Waals surface area contributed by atoms with Gasteiger partial charge in [-0.25, -0.2) is 9.97 Å². The first-order valence-electron chi connectivity index (χ1n) is 18.9. The first-order valence-corrected chi connectivity index (χ1v) is 18.9. The lowest BCUT2D eigenvalue weighted by Crippen LogP contribution is -1.95. The topological polar surface area (TPSA) is 43.9 Å². The fourth-order valence-electron chi connectivity index (χ4n) is 8.10. The van der Waals surface area contributed by atoms with Crippen LogP contribution in [0.4, 0.5) is 0 Å². The molecule has 11 aromatic rings. The SMILES string of the molecule is c1ccc(-c2cc(-c3ccccc3)cc(-c3nc(-c4ccccc4)c4oc5ccc(-c6ccc7c(c6)c6ccccc6n7-c6ccccc6)cc5c4n3)c2)cc1. The van der Waals surface area contributed by atoms with Crippen LogP contribution in [0.1, 0.15) is 0 Å². The average molecular weight is 716 g/mol. The minimum Gasteiger partial charge on any atom is -0.452 e. The number of hydrogen-bond acceptors (Lipinski definition) is 3. The molecule has 0 radical (unpaired) electrons. The summed E-state index contributed by atoms with van der Waals surface area (Å²) in [4.78, 5) is 10.6. The van der Waals surface area contributed by atoms with E-state index in [0.717, 1.165) is 72.4 Å². The van der Waals surface area contributed by atoms with E-state index in [1.807, 2.05) is 30.3 Å². The Morgan fingerprint density at radius 3 is 1.57 bits per heavy atom. The molecule has 0 aliphatic carbocycles. The summed E-state index contributed by atoms with van der Waals surface area (Å²) in [5.74, 6) is 0.648. The normalized spacial score (nSPS) is 11.6. The van der Waals surface area contributed by atoms with Gasteiger partial charge in [-0.3, -0.25) is 0 Å². The standard InChI is InChI=1S/C52H33N3O/c1-5-15-34(16-6-1)39-29-40(35-17-7-2-8-18-35)31-41(30-39)52-53-49(36-19-9-3-10-20-36)51-50(54-52)45-33-38(26-28-48(45)56-51)37-25-27-47-44(32-37)43-23-13-14-24-46(43)55(47)42-21-11-4-12-22-42/h1-33H. The van der Waals surface area contributed by atoms with Crippen LogP contribution < -0.4 is 0 Å². The van der Waals surface area contributed by atoms with Crippen molar-refractivity contribution in [2.45, 2.75) is 0 Å². The molecular formula is C52H33N3O. The minimum absolute atomic E-state index is 0.648. The predicted octanol–water partition coefficient (Wildman–Crippen LogP) is 13.8. The van der Waals surface area contributed by atoms with Crippen molar-refractivity contribution in [1.29, 1.82) is 0 Å². The van der Waals surface area contributed by atoms with Gasteiger partial charge < -0.3 is 8.98 Å². The summed E-state index contributed by atoms with van der Waals surface area (Å²) in [5, 5.41) is 3.38. The van der Waals surface area contributed by atoms with Gasteiger partial charge in [0.2, 0.25) is 0 Å². The van der Waals surface area contributed by atoms with Gasteiger partial charge in [0.1, 0.15) is 16.8 Å². The molecule has 0 spiro atoms. The van der Waals surface area contributed by atoms with E-state index in [1.165, 1.54) is 21.8 Å². The summed E-state index contributed by atoms with van der Waals surface area (Å²) in [6.07, 6.45) is 0. The molecule has 8 aromatic carbocycles. The number of aromatic nitrogens is 3. The summed E-state index contributed by atoms with van der Waals surface area (Å²) in [5.41, 5.74) is 15.1. The Labute approximate surface area is 323 Å². The molecule has 0 amide bonds. The molecule has 0 N–H and O–H groups in total. The Kier molecular flexibility index (Phi) is 7.46. The monoisotopic (exact) mass is 715 g/mol. The molecule has 0 fully saturated rings. The average Bonchev–Trinajstić information content (AvgIpc) is 3.82. The number of rotatable bonds is 6. The van der Waals surface area contributed by atoms with E-state index >= 15 is 0 Å². The minimum atomic E-state index is 0.648. The number of hydrogen-bond donors (Lipinski definition) is 0. The maximum Gasteiger partial charge on any atom is 0.180 e. The Balaban J connectivity index is 1.12. The van der Waals surface area contributed by atoms with E-state index in [4.69, 9.17) is 14.4 Å². The quantitative estimate of drug-likeness (QED) is 0.172. The second kappa shape index (κ2) is 13.1. The van der Waals surface area contributed by atoms with E-state index < -0.39 is 0 Å². The molecule has 0 unspecified atom stereocenters. The molecule has 56 heavy (non-hydrogen) atoms. The Bertz CT molecular complexity index is 3160. The van der Waals surface area contributed by atoms with Gasteiger partial charge in [-0.1, -0.05) is 140 Å². The largest absolute Gasteiger partial charge is 0.452 e. The van der Waals surface area contributed by atoms with Gasteiger partial charge in [-0.2, -0.15) is 0 Å². The van der Waals surface area contributed by atoms with Crippen molar-refractivity contribution in [3.8, 4) is 61.7 Å². The fourth-order valence-corrected chi connectivity index (χ4v) is 8.10. The van der Waals surface area contributed by atoms with Crippen LogP contribution in [-0.2, 0) is 0 Å². The highest BCUT2D eigenvalue weighted by atomic mass is 16.3. The maximum atomic E-state index is 6.66. The van der Waals surface area contributed by atoms with E-state index in [0.29, 0.717) is 11.4 Å². The highest BCUT2D eigenvalue weighted by molar-refractivity contribution is 6.12. The summed E-state index contributed by atoms with van der Waals surface area (Å²) < 4.78 is 9.01. The molecule has 3 aromatic heterocycles. The number of furan rings is 1. The van der Waals surface area contributed by atoms with Crippen LogP contribution in [0, 0.1) is 0 Å². The Morgan fingerprint density at radius 2 is 0.893 bits per heavy atom. The number of para-hydroxylation sites is 2. The molecule has 0 aliphatic heterocycles. The molecule has 0 saturated heterocycles. The van der Waals surface area contributed by atoms with Crippen molar-refractivity contribution in [3.63, 3.8) is 0 Å². The van der Waals surface area contributed by atoms with Gasteiger partial charge in [0.05, 0.1) is 11.0 Å². The molecule has 0 aliphatic rings. The van der Waals surface area contributed by atoms with Gasteiger partial charge >= 0.3 is 0 Å². The van der Waals surface area contributed by atoms with Crippen molar-refractivity contribution in [2.75, 3.05) is 0 Å². The van der Waals surface area contributed by atoms with Gasteiger partial charge in [0.15, 0.2) is 11.4 Å². The van der Waals surface area contributed by atoms with Gasteiger partial charge in [0.25, 0.3) is 0 Å². The van der Waals surface area contributed by atoms with E-state index in [-0.39, 0.29) is 0 Å². The smallest absolute Gasteiger partial charge is 0.180 e. The zero-order valence-corrected chi connectivity index (χ0v) is 30.3. The predicted molar refractivity (Wildman–Crippen MR) is 231 cm³/mol.